The Hall–Kier alpha value is -2.53. The lowest BCUT2D eigenvalue weighted by Gasteiger charge is -2.14. The molecule has 0 amide bonds. The van der Waals surface area contributed by atoms with Gasteiger partial charge in [0, 0.05) is 19.0 Å². The van der Waals surface area contributed by atoms with Crippen molar-refractivity contribution in [2.24, 2.45) is 10.9 Å². The zero-order valence-corrected chi connectivity index (χ0v) is 18.2. The number of aromatic nitrogens is 2. The molecule has 0 saturated heterocycles. The maximum atomic E-state index is 13.6. The molecule has 0 radical (unpaired) electrons. The predicted molar refractivity (Wildman–Crippen MR) is 114 cm³/mol. The summed E-state index contributed by atoms with van der Waals surface area (Å²) in [7, 11) is -3.44. The summed E-state index contributed by atoms with van der Waals surface area (Å²) in [5, 5.41) is 2.72. The molecular formula is C20H19F3N4O2S2. The molecule has 31 heavy (non-hydrogen) atoms. The summed E-state index contributed by atoms with van der Waals surface area (Å²) in [5.74, 6) is 0.241. The molecule has 164 valence electrons. The van der Waals surface area contributed by atoms with E-state index in [1.165, 1.54) is 12.1 Å². The minimum atomic E-state index is -4.67. The van der Waals surface area contributed by atoms with E-state index in [1.54, 1.807) is 6.08 Å². The van der Waals surface area contributed by atoms with Gasteiger partial charge in [-0.05, 0) is 54.5 Å². The number of anilines is 1. The Morgan fingerprint density at radius 2 is 2.00 bits per heavy atom. The van der Waals surface area contributed by atoms with Crippen LogP contribution in [0.4, 0.5) is 19.0 Å². The van der Waals surface area contributed by atoms with Crippen molar-refractivity contribution in [2.45, 2.75) is 29.6 Å². The van der Waals surface area contributed by atoms with Gasteiger partial charge in [-0.25, -0.2) is 18.4 Å². The SMILES string of the molecule is C=C1CCN=C(Nc2nc(-c3ccc(S(C)(=O)=O)s3)ncc2C(F)(F)F)C=C1C1CC1. The van der Waals surface area contributed by atoms with E-state index in [-0.39, 0.29) is 10.0 Å². The minimum Gasteiger partial charge on any atom is -0.325 e. The van der Waals surface area contributed by atoms with Crippen molar-refractivity contribution in [1.82, 2.24) is 9.97 Å². The third-order valence-electron chi connectivity index (χ3n) is 4.92. The van der Waals surface area contributed by atoms with Gasteiger partial charge in [-0.15, -0.1) is 11.3 Å². The van der Waals surface area contributed by atoms with E-state index in [9.17, 15) is 21.6 Å². The average Bonchev–Trinajstić information content (AvgIpc) is 3.40. The highest BCUT2D eigenvalue weighted by Gasteiger charge is 2.36. The zero-order valence-electron chi connectivity index (χ0n) is 16.5. The van der Waals surface area contributed by atoms with Crippen LogP contribution in [0.3, 0.4) is 0 Å². The van der Waals surface area contributed by atoms with E-state index in [0.717, 1.165) is 41.6 Å². The van der Waals surface area contributed by atoms with Crippen LogP contribution in [-0.2, 0) is 16.0 Å². The molecule has 1 aliphatic carbocycles. The second-order valence-electron chi connectivity index (χ2n) is 7.46. The molecule has 1 saturated carbocycles. The zero-order chi connectivity index (χ0) is 22.4. The number of thiophene rings is 1. The Balaban J connectivity index is 1.73. The summed E-state index contributed by atoms with van der Waals surface area (Å²) >= 11 is 0.901. The van der Waals surface area contributed by atoms with E-state index in [1.807, 2.05) is 0 Å². The van der Waals surface area contributed by atoms with Gasteiger partial charge in [0.1, 0.15) is 21.4 Å². The Bertz CT molecular complexity index is 1210. The Morgan fingerprint density at radius 1 is 1.26 bits per heavy atom. The molecule has 3 heterocycles. The Morgan fingerprint density at radius 3 is 2.61 bits per heavy atom. The maximum absolute atomic E-state index is 13.6. The summed E-state index contributed by atoms with van der Waals surface area (Å²) < 4.78 is 64.3. The molecule has 0 unspecified atom stereocenters. The molecule has 2 aromatic heterocycles. The molecule has 0 atom stereocenters. The molecule has 1 N–H and O–H groups in total. The van der Waals surface area contributed by atoms with Crippen LogP contribution in [0.25, 0.3) is 10.7 Å². The fourth-order valence-corrected chi connectivity index (χ4v) is 5.06. The second-order valence-corrected chi connectivity index (χ2v) is 10.8. The van der Waals surface area contributed by atoms with Crippen molar-refractivity contribution in [3.63, 3.8) is 0 Å². The van der Waals surface area contributed by atoms with Gasteiger partial charge in [0.25, 0.3) is 0 Å². The van der Waals surface area contributed by atoms with E-state index in [0.29, 0.717) is 35.8 Å². The summed E-state index contributed by atoms with van der Waals surface area (Å²) in [6.07, 6.45) is 1.55. The summed E-state index contributed by atoms with van der Waals surface area (Å²) in [4.78, 5) is 12.6. The molecule has 2 aliphatic rings. The highest BCUT2D eigenvalue weighted by atomic mass is 32.2. The lowest BCUT2D eigenvalue weighted by molar-refractivity contribution is -0.137. The highest BCUT2D eigenvalue weighted by molar-refractivity contribution is 7.92. The first-order valence-electron chi connectivity index (χ1n) is 9.48. The number of amidine groups is 1. The van der Waals surface area contributed by atoms with Gasteiger partial charge in [-0.2, -0.15) is 13.2 Å². The van der Waals surface area contributed by atoms with Crippen LogP contribution in [0.15, 0.2) is 51.3 Å². The molecule has 0 aromatic carbocycles. The topological polar surface area (TPSA) is 84.3 Å². The number of hydrogen-bond acceptors (Lipinski definition) is 7. The smallest absolute Gasteiger partial charge is 0.325 e. The third-order valence-corrected chi connectivity index (χ3v) is 7.82. The summed E-state index contributed by atoms with van der Waals surface area (Å²) in [5.41, 5.74) is 0.945. The Labute approximate surface area is 181 Å². The van der Waals surface area contributed by atoms with Crippen LogP contribution >= 0.6 is 11.3 Å². The van der Waals surface area contributed by atoms with Gasteiger partial charge in [-0.1, -0.05) is 6.58 Å². The first-order chi connectivity index (χ1) is 14.5. The average molecular weight is 469 g/mol. The van der Waals surface area contributed by atoms with Crippen LogP contribution in [0.1, 0.15) is 24.8 Å². The van der Waals surface area contributed by atoms with Gasteiger partial charge >= 0.3 is 6.18 Å². The standard InChI is InChI=1S/C20H19F3N4O2S2/c1-11-7-8-24-16(9-13(11)12-3-4-12)26-18-14(20(21,22)23)10-25-19(27-18)15-5-6-17(30-15)31(2,28)29/h5-6,9-10,12H,1,3-4,7-8H2,2H3,(H,24,25,26,27). The van der Waals surface area contributed by atoms with Gasteiger partial charge in [0.05, 0.1) is 4.88 Å². The highest BCUT2D eigenvalue weighted by Crippen LogP contribution is 2.41. The van der Waals surface area contributed by atoms with Crippen molar-refractivity contribution < 1.29 is 21.6 Å². The molecular weight excluding hydrogens is 449 g/mol. The number of nitrogens with one attached hydrogen (secondary N) is 1. The largest absolute Gasteiger partial charge is 0.421 e. The van der Waals surface area contributed by atoms with Crippen molar-refractivity contribution in [2.75, 3.05) is 18.1 Å². The van der Waals surface area contributed by atoms with Gasteiger partial charge < -0.3 is 5.32 Å². The van der Waals surface area contributed by atoms with Gasteiger partial charge in [-0.3, -0.25) is 4.99 Å². The van der Waals surface area contributed by atoms with Crippen molar-refractivity contribution >= 4 is 32.8 Å². The molecule has 0 spiro atoms. The van der Waals surface area contributed by atoms with E-state index in [4.69, 9.17) is 0 Å². The normalized spacial score (nSPS) is 17.7. The molecule has 4 rings (SSSR count). The lowest BCUT2D eigenvalue weighted by Crippen LogP contribution is -2.18. The van der Waals surface area contributed by atoms with Gasteiger partial charge in [0.2, 0.25) is 0 Å². The molecule has 2 aromatic rings. The lowest BCUT2D eigenvalue weighted by atomic mass is 10.0. The number of rotatable bonds is 4. The van der Waals surface area contributed by atoms with Crippen LogP contribution in [-0.4, -0.2) is 37.0 Å². The van der Waals surface area contributed by atoms with E-state index < -0.39 is 27.4 Å². The fraction of sp³-hybridized carbons (Fsp3) is 0.350. The molecule has 6 nitrogen and oxygen atoms in total. The number of nitrogens with zero attached hydrogens (tertiary/aromatic N) is 3. The first kappa shape index (κ1) is 21.7. The number of halogens is 3. The van der Waals surface area contributed by atoms with Crippen LogP contribution in [0.2, 0.25) is 0 Å². The van der Waals surface area contributed by atoms with E-state index in [2.05, 4.69) is 26.9 Å². The maximum Gasteiger partial charge on any atom is 0.421 e. The molecule has 11 heteroatoms. The fourth-order valence-electron chi connectivity index (χ4n) is 3.19. The Kier molecular flexibility index (Phi) is 5.50. The minimum absolute atomic E-state index is 0.000396. The van der Waals surface area contributed by atoms with E-state index >= 15 is 0 Å². The van der Waals surface area contributed by atoms with Crippen LogP contribution < -0.4 is 5.32 Å². The van der Waals surface area contributed by atoms with Crippen molar-refractivity contribution in [1.29, 1.82) is 0 Å². The number of aliphatic imine (C=N–C) groups is 1. The second kappa shape index (κ2) is 7.86. The third kappa shape index (κ3) is 4.87. The van der Waals surface area contributed by atoms with Crippen molar-refractivity contribution in [3.05, 3.63) is 47.7 Å². The molecule has 0 bridgehead atoms. The van der Waals surface area contributed by atoms with Gasteiger partial charge in [0.15, 0.2) is 15.7 Å². The number of sulfone groups is 1. The van der Waals surface area contributed by atoms with Crippen molar-refractivity contribution in [3.8, 4) is 10.7 Å². The predicted octanol–water partition coefficient (Wildman–Crippen LogP) is 4.73. The number of alkyl halides is 3. The monoisotopic (exact) mass is 468 g/mol. The van der Waals surface area contributed by atoms with Crippen LogP contribution in [0, 0.1) is 5.92 Å². The van der Waals surface area contributed by atoms with Crippen LogP contribution in [0.5, 0.6) is 0 Å². The quantitative estimate of drug-likeness (QED) is 0.701. The summed E-state index contributed by atoms with van der Waals surface area (Å²) in [6.45, 7) is 4.48. The first-order valence-corrected chi connectivity index (χ1v) is 12.2. The molecule has 1 aliphatic heterocycles. The number of allylic oxidation sites excluding steroid dienone is 1. The molecule has 1 fully saturated rings. The summed E-state index contributed by atoms with van der Waals surface area (Å²) in [6, 6.07) is 2.86. The number of hydrogen-bond donors (Lipinski definition) is 1.